The van der Waals surface area contributed by atoms with Crippen LogP contribution in [0, 0.1) is 5.92 Å². The number of hydrogen-bond acceptors (Lipinski definition) is 5. The Balaban J connectivity index is 1.23. The zero-order valence-electron chi connectivity index (χ0n) is 18.8. The molecule has 178 valence electrons. The number of pyridine rings is 1. The van der Waals surface area contributed by atoms with Gasteiger partial charge in [0, 0.05) is 17.6 Å². The van der Waals surface area contributed by atoms with E-state index >= 15 is 0 Å². The van der Waals surface area contributed by atoms with E-state index in [9.17, 15) is 13.2 Å². The maximum Gasteiger partial charge on any atom is 0.405 e. The molecule has 4 aromatic rings. The molecule has 0 amide bonds. The molecule has 6 nitrogen and oxygen atoms in total. The Morgan fingerprint density at radius 1 is 1.12 bits per heavy atom. The second kappa shape index (κ2) is 9.12. The van der Waals surface area contributed by atoms with Crippen molar-refractivity contribution in [3.05, 3.63) is 54.5 Å². The van der Waals surface area contributed by atoms with Crippen LogP contribution in [0.15, 0.2) is 48.9 Å². The molecule has 1 aliphatic rings. The molecule has 3 aromatic heterocycles. The van der Waals surface area contributed by atoms with Crippen molar-refractivity contribution < 1.29 is 17.9 Å². The molecular weight excluding hydrogens is 443 g/mol. The summed E-state index contributed by atoms with van der Waals surface area (Å²) in [5.74, 6) is 1.44. The van der Waals surface area contributed by atoms with E-state index in [-0.39, 0.29) is 5.82 Å². The third-order valence-electron chi connectivity index (χ3n) is 6.64. The number of anilines is 1. The summed E-state index contributed by atoms with van der Waals surface area (Å²) >= 11 is 0. The highest BCUT2D eigenvalue weighted by Gasteiger charge is 2.28. The fraction of sp³-hybridized carbons (Fsp3) is 0.400. The lowest BCUT2D eigenvalue weighted by molar-refractivity contribution is -0.115. The Morgan fingerprint density at radius 2 is 1.97 bits per heavy atom. The van der Waals surface area contributed by atoms with Crippen molar-refractivity contribution >= 4 is 27.8 Å². The molecule has 0 spiro atoms. The summed E-state index contributed by atoms with van der Waals surface area (Å²) < 4.78 is 45.1. The van der Waals surface area contributed by atoms with Crippen molar-refractivity contribution in [2.75, 3.05) is 19.0 Å². The molecule has 5 rings (SSSR count). The Bertz CT molecular complexity index is 1300. The number of hydrogen-bond donors (Lipinski definition) is 1. The van der Waals surface area contributed by atoms with Gasteiger partial charge in [-0.25, -0.2) is 15.0 Å². The van der Waals surface area contributed by atoms with Crippen molar-refractivity contribution in [2.45, 2.75) is 44.3 Å². The van der Waals surface area contributed by atoms with Gasteiger partial charge in [-0.3, -0.25) is 0 Å². The number of alkyl halides is 3. The molecule has 3 heterocycles. The first kappa shape index (κ1) is 22.4. The lowest BCUT2D eigenvalue weighted by Gasteiger charge is -2.15. The van der Waals surface area contributed by atoms with Gasteiger partial charge in [-0.15, -0.1) is 0 Å². The first-order chi connectivity index (χ1) is 16.4. The standard InChI is InChI=1S/C25H26F3N5O/c1-34-24-20-10-11-33(23(20)30-15-31-24)19-8-5-16(12-19)2-3-17-4-6-18-7-9-22(32-21(18)13-17)29-14-25(26,27)28/h4,6-7,9-11,13,15-16,19H,2-3,5,8,12,14H2,1H3,(H,29,32)/t16-,19+/m1/s1. The summed E-state index contributed by atoms with van der Waals surface area (Å²) in [7, 11) is 1.62. The summed E-state index contributed by atoms with van der Waals surface area (Å²) in [6, 6.07) is 11.9. The molecule has 1 saturated carbocycles. The third kappa shape index (κ3) is 4.78. The molecule has 34 heavy (non-hydrogen) atoms. The van der Waals surface area contributed by atoms with Crippen LogP contribution in [0.25, 0.3) is 21.9 Å². The Kier molecular flexibility index (Phi) is 6.02. The Labute approximate surface area is 195 Å². The minimum absolute atomic E-state index is 0.236. The van der Waals surface area contributed by atoms with Crippen LogP contribution in [-0.2, 0) is 6.42 Å². The average Bonchev–Trinajstić information content (AvgIpc) is 3.47. The summed E-state index contributed by atoms with van der Waals surface area (Å²) in [5, 5.41) is 4.20. The van der Waals surface area contributed by atoms with E-state index in [0.717, 1.165) is 54.1 Å². The average molecular weight is 470 g/mol. The Hall–Kier alpha value is -3.36. The van der Waals surface area contributed by atoms with E-state index in [1.54, 1.807) is 25.6 Å². The van der Waals surface area contributed by atoms with Crippen LogP contribution in [0.2, 0.25) is 0 Å². The highest BCUT2D eigenvalue weighted by molar-refractivity contribution is 5.82. The molecule has 1 fully saturated rings. The number of methoxy groups -OCH3 is 1. The van der Waals surface area contributed by atoms with Crippen LogP contribution >= 0.6 is 0 Å². The number of halogens is 3. The van der Waals surface area contributed by atoms with Crippen molar-refractivity contribution in [1.82, 2.24) is 19.5 Å². The zero-order valence-corrected chi connectivity index (χ0v) is 18.8. The van der Waals surface area contributed by atoms with E-state index in [4.69, 9.17) is 4.74 Å². The summed E-state index contributed by atoms with van der Waals surface area (Å²) in [6.45, 7) is -1.09. The van der Waals surface area contributed by atoms with Gasteiger partial charge in [-0.1, -0.05) is 12.1 Å². The zero-order chi connectivity index (χ0) is 23.7. The van der Waals surface area contributed by atoms with E-state index in [1.165, 1.54) is 0 Å². The number of rotatable bonds is 7. The fourth-order valence-electron chi connectivity index (χ4n) is 4.95. The van der Waals surface area contributed by atoms with E-state index in [2.05, 4.69) is 37.1 Å². The molecule has 2 atom stereocenters. The number of benzene rings is 1. The van der Waals surface area contributed by atoms with Crippen molar-refractivity contribution in [3.8, 4) is 5.88 Å². The van der Waals surface area contributed by atoms with Gasteiger partial charge in [-0.2, -0.15) is 13.2 Å². The fourth-order valence-corrected chi connectivity index (χ4v) is 4.95. The lowest BCUT2D eigenvalue weighted by atomic mass is 9.97. The SMILES string of the molecule is COc1ncnc2c1ccn2[C@H]1CC[C@@H](CCc2ccc3ccc(NCC(F)(F)F)nc3c2)C1. The highest BCUT2D eigenvalue weighted by atomic mass is 19.4. The van der Waals surface area contributed by atoms with E-state index < -0.39 is 12.7 Å². The van der Waals surface area contributed by atoms with Gasteiger partial charge >= 0.3 is 6.18 Å². The first-order valence-electron chi connectivity index (χ1n) is 11.5. The molecule has 0 saturated heterocycles. The predicted octanol–water partition coefficient (Wildman–Crippen LogP) is 5.94. The maximum atomic E-state index is 12.5. The Morgan fingerprint density at radius 3 is 2.79 bits per heavy atom. The molecule has 0 unspecified atom stereocenters. The maximum absolute atomic E-state index is 12.5. The van der Waals surface area contributed by atoms with E-state index in [1.807, 2.05) is 18.2 Å². The number of nitrogens with zero attached hydrogens (tertiary/aromatic N) is 4. The van der Waals surface area contributed by atoms with Gasteiger partial charge in [0.2, 0.25) is 5.88 Å². The molecule has 0 aliphatic heterocycles. The second-order valence-corrected chi connectivity index (χ2v) is 8.91. The molecule has 9 heteroatoms. The molecule has 1 aliphatic carbocycles. The quantitative estimate of drug-likeness (QED) is 0.363. The number of nitrogens with one attached hydrogen (secondary N) is 1. The lowest BCUT2D eigenvalue weighted by Crippen LogP contribution is -2.21. The molecule has 1 N–H and O–H groups in total. The van der Waals surface area contributed by atoms with E-state index in [0.29, 0.717) is 23.4 Å². The molecule has 0 radical (unpaired) electrons. The summed E-state index contributed by atoms with van der Waals surface area (Å²) in [6.07, 6.45) is 4.68. The van der Waals surface area contributed by atoms with Gasteiger partial charge in [0.05, 0.1) is 18.0 Å². The molecule has 0 bridgehead atoms. The van der Waals surface area contributed by atoms with Crippen LogP contribution in [0.1, 0.15) is 37.3 Å². The number of aromatic nitrogens is 4. The van der Waals surface area contributed by atoms with Gasteiger partial charge in [-0.05, 0) is 67.9 Å². The van der Waals surface area contributed by atoms with Gasteiger partial charge in [0.25, 0.3) is 0 Å². The van der Waals surface area contributed by atoms with Crippen LogP contribution < -0.4 is 10.1 Å². The minimum Gasteiger partial charge on any atom is -0.480 e. The van der Waals surface area contributed by atoms with Crippen molar-refractivity contribution in [3.63, 3.8) is 0 Å². The number of ether oxygens (including phenoxy) is 1. The largest absolute Gasteiger partial charge is 0.480 e. The predicted molar refractivity (Wildman–Crippen MR) is 125 cm³/mol. The molecule has 1 aromatic carbocycles. The normalized spacial score (nSPS) is 18.6. The topological polar surface area (TPSA) is 64.9 Å². The molecular formula is C25H26F3N5O. The second-order valence-electron chi connectivity index (χ2n) is 8.91. The summed E-state index contributed by atoms with van der Waals surface area (Å²) in [5.41, 5.74) is 2.77. The number of aryl methyl sites for hydroxylation is 1. The van der Waals surface area contributed by atoms with Gasteiger partial charge in [0.1, 0.15) is 24.3 Å². The van der Waals surface area contributed by atoms with Gasteiger partial charge < -0.3 is 14.6 Å². The third-order valence-corrected chi connectivity index (χ3v) is 6.64. The van der Waals surface area contributed by atoms with Crippen LogP contribution in [0.3, 0.4) is 0 Å². The van der Waals surface area contributed by atoms with Crippen LogP contribution in [-0.4, -0.2) is 39.3 Å². The highest BCUT2D eigenvalue weighted by Crippen LogP contribution is 2.39. The summed E-state index contributed by atoms with van der Waals surface area (Å²) in [4.78, 5) is 13.0. The van der Waals surface area contributed by atoms with Crippen LogP contribution in [0.4, 0.5) is 19.0 Å². The smallest absolute Gasteiger partial charge is 0.405 e. The van der Waals surface area contributed by atoms with Crippen molar-refractivity contribution in [2.24, 2.45) is 5.92 Å². The van der Waals surface area contributed by atoms with Crippen molar-refractivity contribution in [1.29, 1.82) is 0 Å². The van der Waals surface area contributed by atoms with Gasteiger partial charge in [0.15, 0.2) is 0 Å². The monoisotopic (exact) mass is 469 g/mol. The number of fused-ring (bicyclic) bond motifs is 2. The minimum atomic E-state index is -4.27. The van der Waals surface area contributed by atoms with Crippen LogP contribution in [0.5, 0.6) is 5.88 Å². The first-order valence-corrected chi connectivity index (χ1v) is 11.5.